The lowest BCUT2D eigenvalue weighted by Crippen LogP contribution is -2.31. The van der Waals surface area contributed by atoms with Gasteiger partial charge < -0.3 is 9.30 Å². The molecule has 178 valence electrons. The molecule has 3 unspecified atom stereocenters. The highest BCUT2D eigenvalue weighted by molar-refractivity contribution is 7.89. The van der Waals surface area contributed by atoms with Gasteiger partial charge in [-0.1, -0.05) is 29.8 Å². The number of aryl methyl sites for hydroxylation is 1. The van der Waals surface area contributed by atoms with Gasteiger partial charge in [0, 0.05) is 42.3 Å². The first-order valence-electron chi connectivity index (χ1n) is 11.5. The van der Waals surface area contributed by atoms with Crippen molar-refractivity contribution < 1.29 is 13.2 Å². The van der Waals surface area contributed by atoms with Crippen molar-refractivity contribution in [3.8, 4) is 5.75 Å². The van der Waals surface area contributed by atoms with Crippen LogP contribution in [0.3, 0.4) is 0 Å². The van der Waals surface area contributed by atoms with Crippen molar-refractivity contribution in [2.24, 2.45) is 12.5 Å². The highest BCUT2D eigenvalue weighted by Gasteiger charge is 2.84. The highest BCUT2D eigenvalue weighted by atomic mass is 35.5. The fraction of sp³-hybridized carbons (Fsp3) is 0.400. The van der Waals surface area contributed by atoms with Crippen LogP contribution in [0.2, 0.25) is 5.02 Å². The molecule has 1 aromatic heterocycles. The number of benzene rings is 2. The third-order valence-corrected chi connectivity index (χ3v) is 9.25. The standard InChI is InChI=1S/C25H27ClN4O3S/c1-29-14-22(27-15-29)34(31,32)28-8-9-33-19-7-6-17-13-25(23-24(25)30(23)2)21(20(17)12-19)11-16-4-3-5-18(26)10-16/h3-7,10,12,14-15,21,23-24,28H,8-9,11,13H2,1-2H3. The zero-order valence-electron chi connectivity index (χ0n) is 19.1. The molecule has 9 heteroatoms. The van der Waals surface area contributed by atoms with Gasteiger partial charge in [-0.2, -0.15) is 0 Å². The van der Waals surface area contributed by atoms with E-state index in [9.17, 15) is 8.42 Å². The number of imidazole rings is 1. The van der Waals surface area contributed by atoms with E-state index in [1.54, 1.807) is 11.6 Å². The van der Waals surface area contributed by atoms with E-state index < -0.39 is 10.0 Å². The molecule has 1 spiro atoms. The summed E-state index contributed by atoms with van der Waals surface area (Å²) in [5.41, 5.74) is 4.34. The molecule has 2 aromatic carbocycles. The number of aromatic nitrogens is 2. The van der Waals surface area contributed by atoms with E-state index in [0.29, 0.717) is 23.4 Å². The Labute approximate surface area is 204 Å². The number of likely N-dealkylation sites (N-methyl/N-ethyl adjacent to an activating group) is 1. The normalized spacial score (nSPS) is 28.6. The number of rotatable bonds is 8. The molecule has 1 N–H and O–H groups in total. The lowest BCUT2D eigenvalue weighted by atomic mass is 9.81. The molecule has 1 saturated carbocycles. The molecule has 3 aliphatic rings. The number of likely N-dealkylation sites (tertiary alicyclic amines) is 1. The number of sulfonamides is 1. The van der Waals surface area contributed by atoms with Gasteiger partial charge in [0.25, 0.3) is 10.0 Å². The van der Waals surface area contributed by atoms with E-state index in [4.69, 9.17) is 16.3 Å². The van der Waals surface area contributed by atoms with Crippen molar-refractivity contribution in [3.05, 3.63) is 76.7 Å². The van der Waals surface area contributed by atoms with Gasteiger partial charge in [-0.3, -0.25) is 4.90 Å². The first-order valence-corrected chi connectivity index (χ1v) is 13.4. The summed E-state index contributed by atoms with van der Waals surface area (Å²) in [6.07, 6.45) is 5.00. The molecule has 1 aliphatic heterocycles. The Bertz CT molecular complexity index is 1360. The zero-order chi connectivity index (χ0) is 23.7. The Morgan fingerprint density at radius 3 is 2.74 bits per heavy atom. The number of hydrogen-bond acceptors (Lipinski definition) is 5. The zero-order valence-corrected chi connectivity index (χ0v) is 20.7. The summed E-state index contributed by atoms with van der Waals surface area (Å²) in [6, 6.07) is 15.8. The maximum absolute atomic E-state index is 12.3. The lowest BCUT2D eigenvalue weighted by Gasteiger charge is -2.29. The van der Waals surface area contributed by atoms with E-state index in [1.807, 2.05) is 18.2 Å². The van der Waals surface area contributed by atoms with Crippen LogP contribution in [-0.2, 0) is 29.9 Å². The van der Waals surface area contributed by atoms with Gasteiger partial charge in [0.15, 0.2) is 5.03 Å². The number of halogens is 1. The molecule has 6 rings (SSSR count). The van der Waals surface area contributed by atoms with Crippen molar-refractivity contribution in [2.75, 3.05) is 20.2 Å². The summed E-state index contributed by atoms with van der Waals surface area (Å²) < 4.78 is 34.8. The first kappa shape index (κ1) is 22.1. The summed E-state index contributed by atoms with van der Waals surface area (Å²) in [4.78, 5) is 6.37. The van der Waals surface area contributed by atoms with E-state index in [1.165, 1.54) is 29.2 Å². The topological polar surface area (TPSA) is 76.2 Å². The minimum atomic E-state index is -3.64. The third-order valence-electron chi connectivity index (χ3n) is 7.67. The summed E-state index contributed by atoms with van der Waals surface area (Å²) in [7, 11) is 0.300. The third kappa shape index (κ3) is 3.55. The van der Waals surface area contributed by atoms with E-state index in [0.717, 1.165) is 23.6 Å². The average molecular weight is 499 g/mol. The molecular weight excluding hydrogens is 472 g/mol. The fourth-order valence-electron chi connectivity index (χ4n) is 6.09. The van der Waals surface area contributed by atoms with Crippen molar-refractivity contribution in [3.63, 3.8) is 0 Å². The van der Waals surface area contributed by atoms with Crippen LogP contribution in [0.1, 0.15) is 22.6 Å². The number of nitrogens with one attached hydrogen (secondary N) is 1. The van der Waals surface area contributed by atoms with Crippen LogP contribution in [0.15, 0.2) is 60.0 Å². The maximum Gasteiger partial charge on any atom is 0.259 e. The minimum absolute atomic E-state index is 0.00894. The summed E-state index contributed by atoms with van der Waals surface area (Å²) in [5.74, 6) is 1.20. The average Bonchev–Trinajstić information content (AvgIpc) is 3.55. The maximum atomic E-state index is 12.3. The van der Waals surface area contributed by atoms with Gasteiger partial charge >= 0.3 is 0 Å². The Morgan fingerprint density at radius 2 is 2.03 bits per heavy atom. The molecule has 2 aliphatic carbocycles. The van der Waals surface area contributed by atoms with Crippen LogP contribution in [-0.4, -0.2) is 55.2 Å². The van der Waals surface area contributed by atoms with Gasteiger partial charge in [-0.15, -0.1) is 0 Å². The molecule has 3 atom stereocenters. The number of ether oxygens (including phenoxy) is 1. The van der Waals surface area contributed by atoms with E-state index >= 15 is 0 Å². The van der Waals surface area contributed by atoms with Crippen LogP contribution < -0.4 is 9.46 Å². The molecule has 0 bridgehead atoms. The Hall–Kier alpha value is -2.39. The first-order chi connectivity index (χ1) is 16.3. The van der Waals surface area contributed by atoms with Crippen molar-refractivity contribution in [1.82, 2.24) is 19.2 Å². The second-order valence-electron chi connectivity index (χ2n) is 9.72. The number of fused-ring (bicyclic) bond motifs is 4. The summed E-state index contributed by atoms with van der Waals surface area (Å²) in [6.45, 7) is 0.407. The molecule has 2 fully saturated rings. The molecule has 3 aromatic rings. The number of nitrogens with zero attached hydrogens (tertiary/aromatic N) is 3. The SMILES string of the molecule is CN1C2C1C21Cc2ccc(OCCNS(=O)(=O)c3cn(C)cn3)cc2C1Cc1cccc(Cl)c1. The Balaban J connectivity index is 1.15. The van der Waals surface area contributed by atoms with Gasteiger partial charge in [0.1, 0.15) is 12.4 Å². The Kier molecular flexibility index (Phi) is 5.08. The second kappa shape index (κ2) is 7.81. The molecule has 7 nitrogen and oxygen atoms in total. The van der Waals surface area contributed by atoms with Crippen molar-refractivity contribution in [2.45, 2.75) is 35.9 Å². The minimum Gasteiger partial charge on any atom is -0.492 e. The predicted molar refractivity (Wildman–Crippen MR) is 130 cm³/mol. The molecule has 0 radical (unpaired) electrons. The van der Waals surface area contributed by atoms with Crippen LogP contribution in [0.25, 0.3) is 0 Å². The van der Waals surface area contributed by atoms with Crippen LogP contribution in [0.4, 0.5) is 0 Å². The molecule has 2 heterocycles. The van der Waals surface area contributed by atoms with Gasteiger partial charge in [0.05, 0.1) is 6.33 Å². The molecular formula is C25H27ClN4O3S. The second-order valence-corrected chi connectivity index (χ2v) is 11.9. The van der Waals surface area contributed by atoms with E-state index in [2.05, 4.69) is 45.9 Å². The highest BCUT2D eigenvalue weighted by Crippen LogP contribution is 2.76. The van der Waals surface area contributed by atoms with Crippen LogP contribution in [0.5, 0.6) is 5.75 Å². The van der Waals surface area contributed by atoms with Crippen LogP contribution >= 0.6 is 11.6 Å². The lowest BCUT2D eigenvalue weighted by molar-refractivity contribution is 0.226. The quantitative estimate of drug-likeness (QED) is 0.381. The number of hydrogen-bond donors (Lipinski definition) is 1. The van der Waals surface area contributed by atoms with Crippen LogP contribution in [0, 0.1) is 5.41 Å². The Morgan fingerprint density at radius 1 is 1.21 bits per heavy atom. The van der Waals surface area contributed by atoms with Gasteiger partial charge in [-0.25, -0.2) is 18.1 Å². The predicted octanol–water partition coefficient (Wildman–Crippen LogP) is 3.00. The molecule has 0 amide bonds. The smallest absolute Gasteiger partial charge is 0.259 e. The summed E-state index contributed by atoms with van der Waals surface area (Å²) >= 11 is 6.26. The van der Waals surface area contributed by atoms with Gasteiger partial charge in [0.2, 0.25) is 0 Å². The monoisotopic (exact) mass is 498 g/mol. The van der Waals surface area contributed by atoms with Crippen molar-refractivity contribution in [1.29, 1.82) is 0 Å². The molecule has 1 saturated heterocycles. The van der Waals surface area contributed by atoms with E-state index in [-0.39, 0.29) is 18.2 Å². The largest absolute Gasteiger partial charge is 0.492 e. The molecule has 34 heavy (non-hydrogen) atoms. The van der Waals surface area contributed by atoms with Gasteiger partial charge in [-0.05, 0) is 66.8 Å². The summed E-state index contributed by atoms with van der Waals surface area (Å²) in [5, 5.41) is 0.780. The van der Waals surface area contributed by atoms with Crippen molar-refractivity contribution >= 4 is 21.6 Å². The fourth-order valence-corrected chi connectivity index (χ4v) is 7.30.